The minimum atomic E-state index is 0.577. The van der Waals surface area contributed by atoms with E-state index in [-0.39, 0.29) is 0 Å². The number of benzene rings is 1. The molecule has 1 atom stereocenters. The van der Waals surface area contributed by atoms with Crippen LogP contribution in [0.3, 0.4) is 0 Å². The van der Waals surface area contributed by atoms with Crippen molar-refractivity contribution in [2.24, 2.45) is 7.05 Å². The first-order valence-electron chi connectivity index (χ1n) is 6.77. The Bertz CT molecular complexity index is 777. The van der Waals surface area contributed by atoms with Gasteiger partial charge in [0.2, 0.25) is 0 Å². The first-order chi connectivity index (χ1) is 9.83. The molecule has 2 aromatic heterocycles. The third kappa shape index (κ3) is 1.66. The molecule has 0 bridgehead atoms. The summed E-state index contributed by atoms with van der Waals surface area (Å²) in [5, 5.41) is 8.64. The van der Waals surface area contributed by atoms with Crippen LogP contribution >= 0.6 is 0 Å². The van der Waals surface area contributed by atoms with Crippen LogP contribution in [0, 0.1) is 0 Å². The summed E-state index contributed by atoms with van der Waals surface area (Å²) in [6.07, 6.45) is 4.54. The number of nitrogens with one attached hydrogen (secondary N) is 1. The molecule has 2 heterocycles. The lowest BCUT2D eigenvalue weighted by atomic mass is 9.77. The first kappa shape index (κ1) is 11.4. The van der Waals surface area contributed by atoms with Gasteiger partial charge in [0.1, 0.15) is 12.1 Å². The van der Waals surface area contributed by atoms with Crippen LogP contribution in [0.2, 0.25) is 0 Å². The van der Waals surface area contributed by atoms with Crippen LogP contribution in [0.5, 0.6) is 0 Å². The molecule has 0 spiro atoms. The van der Waals surface area contributed by atoms with Gasteiger partial charge >= 0.3 is 0 Å². The molecule has 100 valence electrons. The van der Waals surface area contributed by atoms with E-state index in [2.05, 4.69) is 44.6 Å². The van der Waals surface area contributed by atoms with Crippen molar-refractivity contribution in [1.82, 2.24) is 19.7 Å². The van der Waals surface area contributed by atoms with Crippen LogP contribution in [0.25, 0.3) is 11.0 Å². The lowest BCUT2D eigenvalue weighted by molar-refractivity contribution is 0.635. The Hall–Kier alpha value is -2.43. The van der Waals surface area contributed by atoms with Gasteiger partial charge in [-0.1, -0.05) is 24.3 Å². The summed E-state index contributed by atoms with van der Waals surface area (Å²) in [5.41, 5.74) is 3.78. The average molecular weight is 265 g/mol. The van der Waals surface area contributed by atoms with E-state index in [1.54, 1.807) is 11.0 Å². The zero-order chi connectivity index (χ0) is 13.5. The van der Waals surface area contributed by atoms with Gasteiger partial charge in [-0.3, -0.25) is 4.68 Å². The van der Waals surface area contributed by atoms with Crippen LogP contribution in [-0.2, 0) is 13.5 Å². The summed E-state index contributed by atoms with van der Waals surface area (Å²) in [6.45, 7) is 0.901. The Morgan fingerprint density at radius 3 is 3.10 bits per heavy atom. The van der Waals surface area contributed by atoms with E-state index < -0.39 is 0 Å². The molecule has 1 aliphatic rings. The van der Waals surface area contributed by atoms with E-state index in [1.807, 2.05) is 13.2 Å². The molecule has 0 fully saturated rings. The lowest BCUT2D eigenvalue weighted by Crippen LogP contribution is -2.24. The van der Waals surface area contributed by atoms with Crippen molar-refractivity contribution in [3.8, 4) is 0 Å². The van der Waals surface area contributed by atoms with Gasteiger partial charge in [0.25, 0.3) is 0 Å². The van der Waals surface area contributed by atoms with Crippen LogP contribution in [0.15, 0.2) is 36.8 Å². The van der Waals surface area contributed by atoms with Crippen molar-refractivity contribution in [2.75, 3.05) is 11.9 Å². The van der Waals surface area contributed by atoms with Crippen molar-refractivity contribution in [3.05, 3.63) is 47.9 Å². The zero-order valence-electron chi connectivity index (χ0n) is 11.2. The number of hydrogen-bond acceptors (Lipinski definition) is 4. The number of aromatic nitrogens is 4. The Balaban J connectivity index is 1.55. The fourth-order valence-corrected chi connectivity index (χ4v) is 2.87. The van der Waals surface area contributed by atoms with E-state index in [4.69, 9.17) is 0 Å². The smallest absolute Gasteiger partial charge is 0.163 e. The first-order valence-corrected chi connectivity index (χ1v) is 6.77. The van der Waals surface area contributed by atoms with E-state index in [9.17, 15) is 0 Å². The van der Waals surface area contributed by atoms with Crippen LogP contribution in [-0.4, -0.2) is 26.3 Å². The molecule has 1 N–H and O–H groups in total. The zero-order valence-corrected chi connectivity index (χ0v) is 11.2. The topological polar surface area (TPSA) is 55.6 Å². The summed E-state index contributed by atoms with van der Waals surface area (Å²) < 4.78 is 1.76. The molecular formula is C15H15N5. The Labute approximate surface area is 116 Å². The standard InChI is InChI=1S/C15H15N5/c1-20-15-13(8-19-20)14(17-9-18-15)16-7-11-6-10-4-2-3-5-12(10)11/h2-5,8-9,11H,6-7H2,1H3,(H,16,17,18). The monoisotopic (exact) mass is 265 g/mol. The Morgan fingerprint density at radius 1 is 1.30 bits per heavy atom. The number of nitrogens with zero attached hydrogens (tertiary/aromatic N) is 4. The molecule has 1 aromatic carbocycles. The van der Waals surface area contributed by atoms with Crippen LogP contribution < -0.4 is 5.32 Å². The number of rotatable bonds is 3. The van der Waals surface area contributed by atoms with E-state index in [0.29, 0.717) is 5.92 Å². The highest BCUT2D eigenvalue weighted by Crippen LogP contribution is 2.34. The van der Waals surface area contributed by atoms with Gasteiger partial charge in [0.05, 0.1) is 11.6 Å². The molecule has 0 saturated heterocycles. The highest BCUT2D eigenvalue weighted by atomic mass is 15.3. The summed E-state index contributed by atoms with van der Waals surface area (Å²) in [6, 6.07) is 8.63. The van der Waals surface area contributed by atoms with Crippen molar-refractivity contribution in [1.29, 1.82) is 0 Å². The fraction of sp³-hybridized carbons (Fsp3) is 0.267. The lowest BCUT2D eigenvalue weighted by Gasteiger charge is -2.30. The third-order valence-electron chi connectivity index (χ3n) is 4.01. The summed E-state index contributed by atoms with van der Waals surface area (Å²) >= 11 is 0. The Morgan fingerprint density at radius 2 is 2.20 bits per heavy atom. The van der Waals surface area contributed by atoms with Gasteiger partial charge in [-0.2, -0.15) is 5.10 Å². The molecule has 0 aliphatic heterocycles. The molecule has 5 nitrogen and oxygen atoms in total. The largest absolute Gasteiger partial charge is 0.369 e. The minimum absolute atomic E-state index is 0.577. The molecule has 1 unspecified atom stereocenters. The third-order valence-corrected chi connectivity index (χ3v) is 4.01. The quantitative estimate of drug-likeness (QED) is 0.788. The predicted molar refractivity (Wildman–Crippen MR) is 77.7 cm³/mol. The normalized spacial score (nSPS) is 16.8. The maximum absolute atomic E-state index is 4.33. The molecular weight excluding hydrogens is 250 g/mol. The number of aryl methyl sites for hydroxylation is 1. The summed E-state index contributed by atoms with van der Waals surface area (Å²) in [7, 11) is 1.89. The summed E-state index contributed by atoms with van der Waals surface area (Å²) in [5.74, 6) is 1.44. The molecule has 0 amide bonds. The highest BCUT2D eigenvalue weighted by Gasteiger charge is 2.25. The predicted octanol–water partition coefficient (Wildman–Crippen LogP) is 2.12. The van der Waals surface area contributed by atoms with Gasteiger partial charge in [0, 0.05) is 19.5 Å². The second-order valence-electron chi connectivity index (χ2n) is 5.21. The van der Waals surface area contributed by atoms with Gasteiger partial charge < -0.3 is 5.32 Å². The van der Waals surface area contributed by atoms with E-state index >= 15 is 0 Å². The number of hydrogen-bond donors (Lipinski definition) is 1. The SMILES string of the molecule is Cn1ncc2c(NCC3Cc4ccccc43)ncnc21. The average Bonchev–Trinajstić information content (AvgIpc) is 2.83. The molecule has 20 heavy (non-hydrogen) atoms. The summed E-state index contributed by atoms with van der Waals surface area (Å²) in [4.78, 5) is 8.58. The van der Waals surface area contributed by atoms with E-state index in [1.165, 1.54) is 11.1 Å². The maximum atomic E-state index is 4.33. The van der Waals surface area contributed by atoms with Crippen LogP contribution in [0.4, 0.5) is 5.82 Å². The van der Waals surface area contributed by atoms with Crippen molar-refractivity contribution in [3.63, 3.8) is 0 Å². The second-order valence-corrected chi connectivity index (χ2v) is 5.21. The molecule has 5 heteroatoms. The maximum Gasteiger partial charge on any atom is 0.163 e. The molecule has 4 rings (SSSR count). The molecule has 0 radical (unpaired) electrons. The van der Waals surface area contributed by atoms with Gasteiger partial charge in [-0.15, -0.1) is 0 Å². The fourth-order valence-electron chi connectivity index (χ4n) is 2.87. The molecule has 0 saturated carbocycles. The van der Waals surface area contributed by atoms with Crippen molar-refractivity contribution >= 4 is 16.9 Å². The highest BCUT2D eigenvalue weighted by molar-refractivity contribution is 5.85. The van der Waals surface area contributed by atoms with Gasteiger partial charge in [-0.25, -0.2) is 9.97 Å². The molecule has 1 aliphatic carbocycles. The van der Waals surface area contributed by atoms with Crippen molar-refractivity contribution in [2.45, 2.75) is 12.3 Å². The van der Waals surface area contributed by atoms with E-state index in [0.717, 1.165) is 29.8 Å². The molecule has 3 aromatic rings. The number of fused-ring (bicyclic) bond motifs is 2. The van der Waals surface area contributed by atoms with Crippen LogP contribution in [0.1, 0.15) is 17.0 Å². The Kier molecular flexibility index (Phi) is 2.45. The minimum Gasteiger partial charge on any atom is -0.369 e. The second kappa shape index (κ2) is 4.30. The van der Waals surface area contributed by atoms with Crippen molar-refractivity contribution < 1.29 is 0 Å². The number of anilines is 1. The van der Waals surface area contributed by atoms with Gasteiger partial charge in [-0.05, 0) is 17.5 Å². The van der Waals surface area contributed by atoms with Gasteiger partial charge in [0.15, 0.2) is 5.65 Å².